The fourth-order valence-corrected chi connectivity index (χ4v) is 2.34. The van der Waals surface area contributed by atoms with Gasteiger partial charge >= 0.3 is 0 Å². The molecule has 0 heterocycles. The lowest BCUT2D eigenvalue weighted by Gasteiger charge is -2.16. The minimum absolute atomic E-state index is 0.165. The van der Waals surface area contributed by atoms with Crippen molar-refractivity contribution in [3.8, 4) is 11.5 Å². The van der Waals surface area contributed by atoms with E-state index in [9.17, 15) is 4.39 Å². The Bertz CT molecular complexity index is 632. The molecule has 3 nitrogen and oxygen atoms in total. The summed E-state index contributed by atoms with van der Waals surface area (Å²) in [6.45, 7) is 2.12. The Morgan fingerprint density at radius 1 is 1.29 bits per heavy atom. The quantitative estimate of drug-likeness (QED) is 0.876. The second-order valence-corrected chi connectivity index (χ2v) is 5.49. The molecule has 0 saturated carbocycles. The molecule has 0 radical (unpaired) electrons. The van der Waals surface area contributed by atoms with Crippen molar-refractivity contribution >= 4 is 15.9 Å². The molecular formula is C16H17BrFNO2. The molecule has 0 bridgehead atoms. The zero-order valence-corrected chi connectivity index (χ0v) is 13.5. The lowest BCUT2D eigenvalue weighted by Crippen LogP contribution is -2.08. The SMILES string of the molecule is COc1ccc([C@@H](C)N)c(OCc2cccc(F)c2Br)c1. The number of hydrogen-bond acceptors (Lipinski definition) is 3. The lowest BCUT2D eigenvalue weighted by atomic mass is 10.1. The maximum atomic E-state index is 13.5. The van der Waals surface area contributed by atoms with Gasteiger partial charge < -0.3 is 15.2 Å². The maximum absolute atomic E-state index is 13.5. The van der Waals surface area contributed by atoms with Gasteiger partial charge in [-0.15, -0.1) is 0 Å². The average molecular weight is 354 g/mol. The molecule has 0 aliphatic carbocycles. The summed E-state index contributed by atoms with van der Waals surface area (Å²) in [7, 11) is 1.59. The van der Waals surface area contributed by atoms with Crippen LogP contribution in [0.15, 0.2) is 40.9 Å². The van der Waals surface area contributed by atoms with Crippen LogP contribution in [0.5, 0.6) is 11.5 Å². The standard InChI is InChI=1S/C16H17BrFNO2/c1-10(19)13-7-6-12(20-2)8-15(13)21-9-11-4-3-5-14(18)16(11)17/h3-8,10H,9,19H2,1-2H3/t10-/m1/s1. The predicted octanol–water partition coefficient (Wildman–Crippen LogP) is 4.20. The van der Waals surface area contributed by atoms with Crippen molar-refractivity contribution in [3.63, 3.8) is 0 Å². The van der Waals surface area contributed by atoms with Crippen molar-refractivity contribution < 1.29 is 13.9 Å². The second-order valence-electron chi connectivity index (χ2n) is 4.69. The third-order valence-corrected chi connectivity index (χ3v) is 4.01. The molecule has 0 fully saturated rings. The Kier molecular flexibility index (Phi) is 5.20. The van der Waals surface area contributed by atoms with Crippen LogP contribution in [-0.2, 0) is 6.61 Å². The van der Waals surface area contributed by atoms with E-state index in [2.05, 4.69) is 15.9 Å². The van der Waals surface area contributed by atoms with Crippen LogP contribution in [0.4, 0.5) is 4.39 Å². The highest BCUT2D eigenvalue weighted by Crippen LogP contribution is 2.30. The zero-order chi connectivity index (χ0) is 15.4. The van der Waals surface area contributed by atoms with E-state index in [-0.39, 0.29) is 18.5 Å². The molecule has 21 heavy (non-hydrogen) atoms. The number of ether oxygens (including phenoxy) is 2. The summed E-state index contributed by atoms with van der Waals surface area (Å²) in [5.74, 6) is 1.02. The normalized spacial score (nSPS) is 12.0. The van der Waals surface area contributed by atoms with Gasteiger partial charge in [-0.25, -0.2) is 4.39 Å². The van der Waals surface area contributed by atoms with Gasteiger partial charge in [-0.3, -0.25) is 0 Å². The molecule has 0 aliphatic rings. The molecule has 2 aromatic carbocycles. The van der Waals surface area contributed by atoms with Crippen molar-refractivity contribution in [2.75, 3.05) is 7.11 Å². The van der Waals surface area contributed by atoms with E-state index in [1.165, 1.54) is 6.07 Å². The van der Waals surface area contributed by atoms with Gasteiger partial charge in [0, 0.05) is 23.2 Å². The number of benzene rings is 2. The Morgan fingerprint density at radius 2 is 2.05 bits per heavy atom. The van der Waals surface area contributed by atoms with E-state index in [0.29, 0.717) is 16.0 Å². The number of hydrogen-bond donors (Lipinski definition) is 1. The Morgan fingerprint density at radius 3 is 2.71 bits per heavy atom. The first-order valence-corrected chi connectivity index (χ1v) is 7.31. The lowest BCUT2D eigenvalue weighted by molar-refractivity contribution is 0.297. The minimum atomic E-state index is -0.311. The second kappa shape index (κ2) is 6.91. The molecule has 112 valence electrons. The molecular weight excluding hydrogens is 337 g/mol. The molecule has 1 atom stereocenters. The number of halogens is 2. The first-order valence-electron chi connectivity index (χ1n) is 6.52. The summed E-state index contributed by atoms with van der Waals surface area (Å²) < 4.78 is 24.9. The van der Waals surface area contributed by atoms with Crippen LogP contribution in [0, 0.1) is 5.82 Å². The highest BCUT2D eigenvalue weighted by molar-refractivity contribution is 9.10. The number of methoxy groups -OCH3 is 1. The van der Waals surface area contributed by atoms with Crippen molar-refractivity contribution in [2.24, 2.45) is 5.73 Å². The van der Waals surface area contributed by atoms with Gasteiger partial charge in [0.25, 0.3) is 0 Å². The summed E-state index contributed by atoms with van der Waals surface area (Å²) in [6.07, 6.45) is 0. The molecule has 0 aromatic heterocycles. The van der Waals surface area contributed by atoms with E-state index < -0.39 is 0 Å². The van der Waals surface area contributed by atoms with Crippen molar-refractivity contribution in [3.05, 3.63) is 57.8 Å². The van der Waals surface area contributed by atoms with E-state index in [4.69, 9.17) is 15.2 Å². The fourth-order valence-electron chi connectivity index (χ4n) is 1.96. The van der Waals surface area contributed by atoms with Crippen LogP contribution < -0.4 is 15.2 Å². The number of nitrogens with two attached hydrogens (primary N) is 1. The van der Waals surface area contributed by atoms with E-state index in [1.54, 1.807) is 25.3 Å². The van der Waals surface area contributed by atoms with Gasteiger partial charge in [-0.1, -0.05) is 18.2 Å². The van der Waals surface area contributed by atoms with Crippen LogP contribution in [0.1, 0.15) is 24.1 Å². The highest BCUT2D eigenvalue weighted by atomic mass is 79.9. The smallest absolute Gasteiger partial charge is 0.137 e. The average Bonchev–Trinajstić information content (AvgIpc) is 2.48. The molecule has 0 aliphatic heterocycles. The summed E-state index contributed by atoms with van der Waals surface area (Å²) in [5, 5.41) is 0. The molecule has 0 spiro atoms. The van der Waals surface area contributed by atoms with Crippen LogP contribution in [0.3, 0.4) is 0 Å². The van der Waals surface area contributed by atoms with Crippen LogP contribution >= 0.6 is 15.9 Å². The van der Waals surface area contributed by atoms with Gasteiger partial charge in [-0.2, -0.15) is 0 Å². The Balaban J connectivity index is 2.24. The molecule has 0 saturated heterocycles. The summed E-state index contributed by atoms with van der Waals surface area (Å²) in [4.78, 5) is 0. The molecule has 2 rings (SSSR count). The third-order valence-electron chi connectivity index (χ3n) is 3.13. The van der Waals surface area contributed by atoms with Gasteiger partial charge in [0.05, 0.1) is 11.6 Å². The molecule has 5 heteroatoms. The molecule has 2 aromatic rings. The summed E-state index contributed by atoms with van der Waals surface area (Å²) in [6, 6.07) is 10.2. The summed E-state index contributed by atoms with van der Waals surface area (Å²) >= 11 is 3.22. The van der Waals surface area contributed by atoms with Crippen LogP contribution in [-0.4, -0.2) is 7.11 Å². The van der Waals surface area contributed by atoms with Gasteiger partial charge in [0.2, 0.25) is 0 Å². The molecule has 0 amide bonds. The van der Waals surface area contributed by atoms with Gasteiger partial charge in [0.15, 0.2) is 0 Å². The van der Waals surface area contributed by atoms with E-state index >= 15 is 0 Å². The van der Waals surface area contributed by atoms with Gasteiger partial charge in [0.1, 0.15) is 23.9 Å². The Labute approximate surface area is 132 Å². The van der Waals surface area contributed by atoms with E-state index in [1.807, 2.05) is 19.1 Å². The van der Waals surface area contributed by atoms with Crippen molar-refractivity contribution in [1.82, 2.24) is 0 Å². The maximum Gasteiger partial charge on any atom is 0.137 e. The Hall–Kier alpha value is -1.59. The summed E-state index contributed by atoms with van der Waals surface area (Å²) in [5.41, 5.74) is 7.55. The van der Waals surface area contributed by atoms with Crippen LogP contribution in [0.2, 0.25) is 0 Å². The third kappa shape index (κ3) is 3.74. The minimum Gasteiger partial charge on any atom is -0.497 e. The van der Waals surface area contributed by atoms with Crippen LogP contribution in [0.25, 0.3) is 0 Å². The fraction of sp³-hybridized carbons (Fsp3) is 0.250. The largest absolute Gasteiger partial charge is 0.497 e. The topological polar surface area (TPSA) is 44.5 Å². The number of rotatable bonds is 5. The monoisotopic (exact) mass is 353 g/mol. The van der Waals surface area contributed by atoms with Gasteiger partial charge in [-0.05, 0) is 35.0 Å². The first-order chi connectivity index (χ1) is 10.0. The zero-order valence-electron chi connectivity index (χ0n) is 11.9. The van der Waals surface area contributed by atoms with Crippen molar-refractivity contribution in [2.45, 2.75) is 19.6 Å². The highest BCUT2D eigenvalue weighted by Gasteiger charge is 2.11. The molecule has 0 unspecified atom stereocenters. The first kappa shape index (κ1) is 15.8. The molecule has 2 N–H and O–H groups in total. The van der Waals surface area contributed by atoms with E-state index in [0.717, 1.165) is 11.1 Å². The van der Waals surface area contributed by atoms with Crippen molar-refractivity contribution in [1.29, 1.82) is 0 Å². The predicted molar refractivity (Wildman–Crippen MR) is 84.0 cm³/mol.